The van der Waals surface area contributed by atoms with Crippen molar-refractivity contribution in [3.8, 4) is 0 Å². The zero-order valence-electron chi connectivity index (χ0n) is 11.0. The molecule has 1 aromatic carbocycles. The molecule has 0 spiro atoms. The predicted octanol–water partition coefficient (Wildman–Crippen LogP) is 2.22. The lowest BCUT2D eigenvalue weighted by molar-refractivity contribution is -0.111. The molecule has 2 rings (SSSR count). The van der Waals surface area contributed by atoms with Crippen molar-refractivity contribution in [3.05, 3.63) is 53.6 Å². The highest BCUT2D eigenvalue weighted by Gasteiger charge is 2.18. The quantitative estimate of drug-likeness (QED) is 0.632. The van der Waals surface area contributed by atoms with Gasteiger partial charge in [-0.3, -0.25) is 9.08 Å². The van der Waals surface area contributed by atoms with Crippen molar-refractivity contribution in [1.82, 2.24) is 0 Å². The van der Waals surface area contributed by atoms with Crippen LogP contribution in [0.1, 0.15) is 13.8 Å². The summed E-state index contributed by atoms with van der Waals surface area (Å²) in [5.41, 5.74) is 1.44. The molecule has 5 nitrogen and oxygen atoms in total. The van der Waals surface area contributed by atoms with Crippen molar-refractivity contribution < 1.29 is 17.5 Å². The van der Waals surface area contributed by atoms with Gasteiger partial charge in [0.1, 0.15) is 10.6 Å². The van der Waals surface area contributed by atoms with E-state index in [0.717, 1.165) is 0 Å². The third-order valence-electron chi connectivity index (χ3n) is 2.97. The fraction of sp³-hybridized carbons (Fsp3) is 0.143. The average molecular weight is 291 g/mol. The third-order valence-corrected chi connectivity index (χ3v) is 4.09. The molecule has 104 valence electrons. The summed E-state index contributed by atoms with van der Waals surface area (Å²) in [6.45, 7) is 3.34. The molecule has 0 aliphatic heterocycles. The zero-order chi connectivity index (χ0) is 14.8. The van der Waals surface area contributed by atoms with Gasteiger partial charge in [0, 0.05) is 5.57 Å². The maximum absolute atomic E-state index is 11.9. The minimum absolute atomic E-state index is 0.0265. The molecule has 0 saturated carbocycles. The number of rotatable bonds is 3. The fourth-order valence-corrected chi connectivity index (χ4v) is 2.35. The predicted molar refractivity (Wildman–Crippen MR) is 74.7 cm³/mol. The van der Waals surface area contributed by atoms with Crippen LogP contribution in [0.25, 0.3) is 0 Å². The lowest BCUT2D eigenvalue weighted by atomic mass is 9.97. The molecule has 0 amide bonds. The first-order valence-electron chi connectivity index (χ1n) is 5.89. The van der Waals surface area contributed by atoms with Gasteiger partial charge in [-0.2, -0.15) is 8.42 Å². The summed E-state index contributed by atoms with van der Waals surface area (Å²) in [6, 6.07) is 7.74. The highest BCUT2D eigenvalue weighted by atomic mass is 32.2. The first kappa shape index (κ1) is 14.2. The SMILES string of the molecule is CC1=C(C)/C(=N/OS(=O)(=O)c2ccccc2)C=CC1=O. The largest absolute Gasteiger partial charge is 0.358 e. The van der Waals surface area contributed by atoms with E-state index in [4.69, 9.17) is 0 Å². The van der Waals surface area contributed by atoms with Gasteiger partial charge in [-0.15, -0.1) is 0 Å². The lowest BCUT2D eigenvalue weighted by Gasteiger charge is -2.10. The smallest absolute Gasteiger partial charge is 0.290 e. The zero-order valence-corrected chi connectivity index (χ0v) is 11.8. The lowest BCUT2D eigenvalue weighted by Crippen LogP contribution is -2.12. The Balaban J connectivity index is 2.27. The molecule has 1 aliphatic carbocycles. The summed E-state index contributed by atoms with van der Waals surface area (Å²) >= 11 is 0. The van der Waals surface area contributed by atoms with Crippen molar-refractivity contribution >= 4 is 21.6 Å². The molecular weight excluding hydrogens is 278 g/mol. The molecular formula is C14H13NO4S. The van der Waals surface area contributed by atoms with Gasteiger partial charge in [0.15, 0.2) is 5.78 Å². The molecule has 0 N–H and O–H groups in total. The summed E-state index contributed by atoms with van der Waals surface area (Å²) < 4.78 is 28.5. The van der Waals surface area contributed by atoms with Gasteiger partial charge in [-0.05, 0) is 43.7 Å². The summed E-state index contributed by atoms with van der Waals surface area (Å²) in [6.07, 6.45) is 2.77. The Bertz CT molecular complexity index is 728. The molecule has 20 heavy (non-hydrogen) atoms. The Morgan fingerprint density at radius 1 is 1.00 bits per heavy atom. The van der Waals surface area contributed by atoms with Gasteiger partial charge in [0.05, 0.1) is 0 Å². The number of hydrogen-bond acceptors (Lipinski definition) is 5. The molecule has 1 aliphatic rings. The van der Waals surface area contributed by atoms with Crippen LogP contribution in [0.3, 0.4) is 0 Å². The van der Waals surface area contributed by atoms with E-state index in [1.807, 2.05) is 0 Å². The van der Waals surface area contributed by atoms with E-state index < -0.39 is 10.1 Å². The minimum Gasteiger partial charge on any atom is -0.290 e. The number of benzene rings is 1. The molecule has 0 atom stereocenters. The van der Waals surface area contributed by atoms with E-state index in [2.05, 4.69) is 9.44 Å². The number of allylic oxidation sites excluding steroid dienone is 4. The van der Waals surface area contributed by atoms with Gasteiger partial charge in [0.2, 0.25) is 0 Å². The van der Waals surface area contributed by atoms with Crippen LogP contribution >= 0.6 is 0 Å². The number of carbonyl (C=O) groups excluding carboxylic acids is 1. The van der Waals surface area contributed by atoms with Gasteiger partial charge in [-0.1, -0.05) is 23.4 Å². The molecule has 0 unspecified atom stereocenters. The van der Waals surface area contributed by atoms with Crippen molar-refractivity contribution in [1.29, 1.82) is 0 Å². The first-order chi connectivity index (χ1) is 9.42. The van der Waals surface area contributed by atoms with Crippen molar-refractivity contribution in [2.24, 2.45) is 5.16 Å². The van der Waals surface area contributed by atoms with Gasteiger partial charge >= 0.3 is 10.1 Å². The van der Waals surface area contributed by atoms with E-state index >= 15 is 0 Å². The second-order valence-electron chi connectivity index (χ2n) is 4.27. The Hall–Kier alpha value is -2.21. The van der Waals surface area contributed by atoms with E-state index in [1.165, 1.54) is 24.3 Å². The Morgan fingerprint density at radius 2 is 1.65 bits per heavy atom. The van der Waals surface area contributed by atoms with Crippen molar-refractivity contribution in [3.63, 3.8) is 0 Å². The maximum Gasteiger partial charge on any atom is 0.358 e. The van der Waals surface area contributed by atoms with Crippen LogP contribution < -0.4 is 0 Å². The average Bonchev–Trinajstić information content (AvgIpc) is 2.45. The van der Waals surface area contributed by atoms with Crippen LogP contribution in [0.2, 0.25) is 0 Å². The van der Waals surface area contributed by atoms with Crippen LogP contribution in [-0.2, 0) is 19.2 Å². The van der Waals surface area contributed by atoms with Crippen LogP contribution in [0.4, 0.5) is 0 Å². The highest BCUT2D eigenvalue weighted by molar-refractivity contribution is 7.86. The molecule has 0 aromatic heterocycles. The monoisotopic (exact) mass is 291 g/mol. The molecule has 0 heterocycles. The van der Waals surface area contributed by atoms with Crippen LogP contribution in [0, 0.1) is 0 Å². The topological polar surface area (TPSA) is 72.8 Å². The molecule has 0 bridgehead atoms. The van der Waals surface area contributed by atoms with Crippen LogP contribution in [-0.4, -0.2) is 19.9 Å². The van der Waals surface area contributed by atoms with Crippen LogP contribution in [0.15, 0.2) is 63.7 Å². The van der Waals surface area contributed by atoms with Crippen LogP contribution in [0.5, 0.6) is 0 Å². The van der Waals surface area contributed by atoms with E-state index in [0.29, 0.717) is 16.9 Å². The summed E-state index contributed by atoms with van der Waals surface area (Å²) in [5.74, 6) is -0.118. The Kier molecular flexibility index (Phi) is 3.85. The molecule has 0 saturated heterocycles. The van der Waals surface area contributed by atoms with Crippen molar-refractivity contribution in [2.45, 2.75) is 18.7 Å². The van der Waals surface area contributed by atoms with E-state index in [-0.39, 0.29) is 10.7 Å². The maximum atomic E-state index is 11.9. The molecule has 1 aromatic rings. The summed E-state index contributed by atoms with van der Waals surface area (Å²) in [7, 11) is -3.94. The second-order valence-corrected chi connectivity index (χ2v) is 5.79. The van der Waals surface area contributed by atoms with Gasteiger partial charge in [-0.25, -0.2) is 0 Å². The Labute approximate surface area is 117 Å². The van der Waals surface area contributed by atoms with E-state index in [1.54, 1.807) is 32.0 Å². The molecule has 0 fully saturated rings. The highest BCUT2D eigenvalue weighted by Crippen LogP contribution is 2.16. The number of nitrogens with zero attached hydrogens (tertiary/aromatic N) is 1. The summed E-state index contributed by atoms with van der Waals surface area (Å²) in [5, 5.41) is 3.63. The van der Waals surface area contributed by atoms with E-state index in [9.17, 15) is 13.2 Å². The normalized spacial score (nSPS) is 17.7. The third kappa shape index (κ3) is 2.85. The second kappa shape index (κ2) is 5.42. The Morgan fingerprint density at radius 3 is 2.30 bits per heavy atom. The van der Waals surface area contributed by atoms with Crippen molar-refractivity contribution in [2.75, 3.05) is 0 Å². The first-order valence-corrected chi connectivity index (χ1v) is 7.29. The number of hydrogen-bond donors (Lipinski definition) is 0. The standard InChI is InChI=1S/C14H13NO4S/c1-10-11(2)14(16)9-8-13(10)15-19-20(17,18)12-6-4-3-5-7-12/h3-9H,1-2H3/b15-13+. The number of carbonyl (C=O) groups is 1. The number of ketones is 1. The minimum atomic E-state index is -3.94. The van der Waals surface area contributed by atoms with Gasteiger partial charge < -0.3 is 0 Å². The summed E-state index contributed by atoms with van der Waals surface area (Å²) in [4.78, 5) is 11.4. The number of oxime groups is 1. The molecule has 0 radical (unpaired) electrons. The molecule has 6 heteroatoms. The van der Waals surface area contributed by atoms with Gasteiger partial charge in [0.25, 0.3) is 0 Å². The fourth-order valence-electron chi connectivity index (χ4n) is 1.60.